The molecule has 45 heavy (non-hydrogen) atoms. The van der Waals surface area contributed by atoms with Gasteiger partial charge < -0.3 is 24.4 Å². The molecule has 0 aliphatic carbocycles. The van der Waals surface area contributed by atoms with E-state index in [1.807, 2.05) is 45.0 Å². The van der Waals surface area contributed by atoms with Gasteiger partial charge in [0.05, 0.1) is 32.1 Å². The van der Waals surface area contributed by atoms with Gasteiger partial charge >= 0.3 is 12.1 Å². The second kappa shape index (κ2) is 13.2. The number of anilines is 3. The summed E-state index contributed by atoms with van der Waals surface area (Å²) in [4.78, 5) is 36.9. The van der Waals surface area contributed by atoms with Crippen molar-refractivity contribution in [2.45, 2.75) is 71.7 Å². The van der Waals surface area contributed by atoms with Crippen molar-refractivity contribution < 1.29 is 28.2 Å². The zero-order chi connectivity index (χ0) is 32.3. The molecule has 3 aromatic rings. The predicted octanol–water partition coefficient (Wildman–Crippen LogP) is 6.89. The number of amides is 3. The van der Waals surface area contributed by atoms with Crippen LogP contribution in [0.5, 0.6) is 11.5 Å². The molecule has 2 aromatic carbocycles. The molecule has 0 unspecified atom stereocenters. The second-order valence-electron chi connectivity index (χ2n) is 12.4. The van der Waals surface area contributed by atoms with E-state index in [4.69, 9.17) is 14.2 Å². The Bertz CT molecular complexity index is 1540. The number of hydrogen-bond acceptors (Lipinski definition) is 7. The summed E-state index contributed by atoms with van der Waals surface area (Å²) >= 11 is 0. The number of likely N-dealkylation sites (tertiary alicyclic amines) is 1. The molecule has 1 atom stereocenters. The first-order valence-electron chi connectivity index (χ1n) is 15.3. The van der Waals surface area contributed by atoms with Crippen LogP contribution in [0.15, 0.2) is 48.7 Å². The van der Waals surface area contributed by atoms with Gasteiger partial charge in [0.25, 0.3) is 0 Å². The molecule has 10 nitrogen and oxygen atoms in total. The van der Waals surface area contributed by atoms with E-state index >= 15 is 4.39 Å². The summed E-state index contributed by atoms with van der Waals surface area (Å²) in [6, 6.07) is 11.8. The number of nitrogens with one attached hydrogen (secondary N) is 1. The van der Waals surface area contributed by atoms with Crippen LogP contribution in [0.25, 0.3) is 0 Å². The Morgan fingerprint density at radius 1 is 1.09 bits per heavy atom. The molecular weight excluding hydrogens is 577 g/mol. The molecule has 1 saturated heterocycles. The highest BCUT2D eigenvalue weighted by molar-refractivity contribution is 6.07. The number of pyridine rings is 1. The van der Waals surface area contributed by atoms with Crippen LogP contribution in [-0.4, -0.2) is 61.0 Å². The van der Waals surface area contributed by atoms with Crippen molar-refractivity contribution in [3.63, 3.8) is 0 Å². The molecule has 1 N–H and O–H groups in total. The summed E-state index contributed by atoms with van der Waals surface area (Å²) in [5, 5.41) is 3.37. The second-order valence-corrected chi connectivity index (χ2v) is 12.4. The van der Waals surface area contributed by atoms with Gasteiger partial charge in [0, 0.05) is 55.1 Å². The minimum Gasteiger partial charge on any atom is -0.497 e. The van der Waals surface area contributed by atoms with Gasteiger partial charge in [-0.05, 0) is 70.7 Å². The Hall–Kier alpha value is -4.54. The number of methoxy groups -OCH3 is 2. The molecule has 240 valence electrons. The van der Waals surface area contributed by atoms with Crippen LogP contribution in [0.1, 0.15) is 56.7 Å². The zero-order valence-corrected chi connectivity index (χ0v) is 26.9. The number of carbonyl (C=O) groups excluding carboxylic acids is 2. The third-order valence-electron chi connectivity index (χ3n) is 8.11. The van der Waals surface area contributed by atoms with Gasteiger partial charge in [-0.25, -0.2) is 19.0 Å². The third-order valence-corrected chi connectivity index (χ3v) is 8.11. The van der Waals surface area contributed by atoms with Crippen molar-refractivity contribution in [2.75, 3.05) is 42.4 Å². The highest BCUT2D eigenvalue weighted by Crippen LogP contribution is 2.38. The number of para-hydroxylation sites is 1. The maximum atomic E-state index is 15.2. The minimum atomic E-state index is -0.602. The largest absolute Gasteiger partial charge is 0.497 e. The van der Waals surface area contributed by atoms with Gasteiger partial charge in [-0.15, -0.1) is 0 Å². The van der Waals surface area contributed by atoms with Crippen molar-refractivity contribution >= 4 is 29.3 Å². The first-order valence-corrected chi connectivity index (χ1v) is 15.3. The number of carbonyl (C=O) groups is 2. The van der Waals surface area contributed by atoms with Gasteiger partial charge in [0.15, 0.2) is 0 Å². The SMILES string of the molecule is COc1ccc(CNc2cc3c(cn2)CN(c2c(C)cccc2F)C(=O)N3[C@H]2CCCN(C(=O)OC(C)(C)C)CC2)c(OC)c1. The number of hydrogen-bond donors (Lipinski definition) is 1. The van der Waals surface area contributed by atoms with Crippen molar-refractivity contribution in [1.29, 1.82) is 0 Å². The first-order chi connectivity index (χ1) is 21.5. The van der Waals surface area contributed by atoms with Gasteiger partial charge in [-0.2, -0.15) is 0 Å². The monoisotopic (exact) mass is 619 g/mol. The Morgan fingerprint density at radius 3 is 2.60 bits per heavy atom. The normalized spacial score (nSPS) is 17.0. The van der Waals surface area contributed by atoms with E-state index in [9.17, 15) is 9.59 Å². The molecule has 3 amide bonds. The summed E-state index contributed by atoms with van der Waals surface area (Å²) in [5.74, 6) is 1.51. The quantitative estimate of drug-likeness (QED) is 0.308. The molecule has 1 fully saturated rings. The number of rotatable bonds is 7. The molecular formula is C34H42FN5O5. The van der Waals surface area contributed by atoms with Crippen LogP contribution in [0.4, 0.5) is 31.2 Å². The van der Waals surface area contributed by atoms with E-state index in [0.717, 1.165) is 16.8 Å². The molecule has 11 heteroatoms. The lowest BCUT2D eigenvalue weighted by Crippen LogP contribution is -2.52. The van der Waals surface area contributed by atoms with E-state index in [-0.39, 0.29) is 30.4 Å². The lowest BCUT2D eigenvalue weighted by atomic mass is 10.0. The number of aromatic nitrogens is 1. The lowest BCUT2D eigenvalue weighted by Gasteiger charge is -2.41. The fraction of sp³-hybridized carbons (Fsp3) is 0.441. The standard InChI is InChI=1S/C34H42FN5O5/c1-22-9-7-11-27(35)31(22)39-21-24-20-37-30(36-19-23-12-13-26(43-5)17-29(23)44-6)18-28(24)40(32(39)41)25-10-8-15-38(16-14-25)33(42)45-34(2,3)4/h7,9,11-13,17-18,20,25H,8,10,14-16,19,21H2,1-6H3,(H,36,37)/t25-/m0/s1. The number of fused-ring (bicyclic) bond motifs is 1. The zero-order valence-electron chi connectivity index (χ0n) is 26.9. The molecule has 0 radical (unpaired) electrons. The van der Waals surface area contributed by atoms with E-state index in [0.29, 0.717) is 61.8 Å². The van der Waals surface area contributed by atoms with Crippen LogP contribution in [0.3, 0.4) is 0 Å². The Kier molecular flexibility index (Phi) is 9.36. The number of ether oxygens (including phenoxy) is 3. The van der Waals surface area contributed by atoms with Crippen LogP contribution >= 0.6 is 0 Å². The highest BCUT2D eigenvalue weighted by Gasteiger charge is 2.39. The average Bonchev–Trinajstić information content (AvgIpc) is 3.25. The smallest absolute Gasteiger partial charge is 0.410 e. The van der Waals surface area contributed by atoms with Crippen molar-refractivity contribution in [3.05, 3.63) is 71.2 Å². The Balaban J connectivity index is 1.46. The molecule has 3 heterocycles. The number of benzene rings is 2. The van der Waals surface area contributed by atoms with E-state index in [2.05, 4.69) is 10.3 Å². The van der Waals surface area contributed by atoms with Crippen molar-refractivity contribution in [3.8, 4) is 11.5 Å². The van der Waals surface area contributed by atoms with Crippen molar-refractivity contribution in [2.24, 2.45) is 0 Å². The molecule has 0 spiro atoms. The van der Waals surface area contributed by atoms with Crippen LogP contribution in [0.2, 0.25) is 0 Å². The first kappa shape index (κ1) is 31.9. The fourth-order valence-corrected chi connectivity index (χ4v) is 5.91. The summed E-state index contributed by atoms with van der Waals surface area (Å²) in [6.45, 7) is 8.92. The number of nitrogens with zero attached hydrogens (tertiary/aromatic N) is 4. The van der Waals surface area contributed by atoms with E-state index < -0.39 is 11.4 Å². The van der Waals surface area contributed by atoms with Crippen molar-refractivity contribution in [1.82, 2.24) is 9.88 Å². The Labute approximate surface area is 264 Å². The summed E-state index contributed by atoms with van der Waals surface area (Å²) < 4.78 is 31.7. The third kappa shape index (κ3) is 7.08. The fourth-order valence-electron chi connectivity index (χ4n) is 5.91. The molecule has 5 rings (SSSR count). The molecule has 0 saturated carbocycles. The van der Waals surface area contributed by atoms with Gasteiger partial charge in [0.1, 0.15) is 28.7 Å². The number of aryl methyl sites for hydroxylation is 1. The van der Waals surface area contributed by atoms with Gasteiger partial charge in [-0.1, -0.05) is 12.1 Å². The topological polar surface area (TPSA) is 96.5 Å². The van der Waals surface area contributed by atoms with Crippen LogP contribution in [0, 0.1) is 12.7 Å². The molecule has 0 bridgehead atoms. The lowest BCUT2D eigenvalue weighted by molar-refractivity contribution is 0.0256. The predicted molar refractivity (Wildman–Crippen MR) is 172 cm³/mol. The molecule has 2 aliphatic rings. The Morgan fingerprint density at radius 2 is 1.89 bits per heavy atom. The number of halogens is 1. The van der Waals surface area contributed by atoms with Crippen LogP contribution < -0.4 is 24.6 Å². The molecule has 1 aromatic heterocycles. The number of urea groups is 1. The van der Waals surface area contributed by atoms with E-state index in [1.165, 1.54) is 11.0 Å². The van der Waals surface area contributed by atoms with E-state index in [1.54, 1.807) is 49.3 Å². The molecule has 2 aliphatic heterocycles. The maximum absolute atomic E-state index is 15.2. The maximum Gasteiger partial charge on any atom is 0.410 e. The minimum absolute atomic E-state index is 0.183. The summed E-state index contributed by atoms with van der Waals surface area (Å²) in [7, 11) is 3.22. The van der Waals surface area contributed by atoms with Gasteiger partial charge in [0.2, 0.25) is 0 Å². The average molecular weight is 620 g/mol. The summed E-state index contributed by atoms with van der Waals surface area (Å²) in [6.07, 6.45) is 3.29. The summed E-state index contributed by atoms with van der Waals surface area (Å²) in [5.41, 5.74) is 2.77. The van der Waals surface area contributed by atoms with Crippen LogP contribution in [-0.2, 0) is 17.8 Å². The van der Waals surface area contributed by atoms with Gasteiger partial charge in [-0.3, -0.25) is 9.80 Å². The highest BCUT2D eigenvalue weighted by atomic mass is 19.1.